The third kappa shape index (κ3) is 28.0. The maximum atomic E-state index is 12.4. The number of nitrogens with zero attached hydrogens (tertiary/aromatic N) is 4. The zero-order valence-corrected chi connectivity index (χ0v) is 80.3. The highest BCUT2D eigenvalue weighted by atomic mass is 35.5. The largest absolute Gasteiger partial charge is 0.448 e. The van der Waals surface area contributed by atoms with Gasteiger partial charge in [-0.15, -0.1) is 0 Å². The fourth-order valence-corrected chi connectivity index (χ4v) is 16.8. The van der Waals surface area contributed by atoms with Crippen molar-refractivity contribution in [1.82, 2.24) is 49.8 Å². The third-order valence-corrected chi connectivity index (χ3v) is 26.2. The minimum absolute atomic E-state index is 0.0389. The average molecular weight is 1910 g/mol. The zero-order chi connectivity index (χ0) is 95.4. The third-order valence-electron chi connectivity index (χ3n) is 22.5. The van der Waals surface area contributed by atoms with Crippen LogP contribution in [0.25, 0.3) is 27.9 Å². The minimum Gasteiger partial charge on any atom is -0.448 e. The van der Waals surface area contributed by atoms with Crippen LogP contribution in [-0.4, -0.2) is 146 Å². The topological polar surface area (TPSA) is 340 Å². The molecule has 132 heavy (non-hydrogen) atoms. The number of hydrogen-bond donors (Lipinski definition) is 7. The SMILES string of the molecule is CC(C)(C)c1ccc(/C(=C\CCN2CCCC2)c2ccc(Cl)c(=O)[nH]2)cc1.CC(C)(C)c1ccc(/C(=C\CCO)c2ccc(Cl)c(=O)[nH]2)cc1.CC(C)(C)c1ccc(/C(=C\Cc2noc(=O)[nH]2)c2ccc(Cl)c(=O)[nH]2)cc1.CC(C)c1ccc(/C(=C\CN2CCOC2=O)c2ccc(Cl)c(=O)[nH]2)cc1.O=C1OCCN1C/C=C(\c1ccc(S(=O)(=O)C2CC2)cc1)c1ccc(Cl)c(=O)[nH]1. The Bertz CT molecular complexity index is 6540. The van der Waals surface area contributed by atoms with Crippen molar-refractivity contribution < 1.29 is 37.1 Å². The summed E-state index contributed by atoms with van der Waals surface area (Å²) >= 11 is 29.3. The summed E-state index contributed by atoms with van der Waals surface area (Å²) in [5, 5.41) is 13.2. The van der Waals surface area contributed by atoms with Gasteiger partial charge in [0.25, 0.3) is 27.8 Å². The summed E-state index contributed by atoms with van der Waals surface area (Å²) in [4.78, 5) is 117. The molecule has 2 amide bonds. The monoisotopic (exact) mass is 1910 g/mol. The van der Waals surface area contributed by atoms with Crippen molar-refractivity contribution in [3.63, 3.8) is 0 Å². The van der Waals surface area contributed by atoms with E-state index in [0.717, 1.165) is 63.2 Å². The highest BCUT2D eigenvalue weighted by Crippen LogP contribution is 2.37. The van der Waals surface area contributed by atoms with E-state index >= 15 is 0 Å². The number of rotatable bonds is 24. The molecular formula is C102H111Cl5N10O14S. The molecule has 1 saturated carbocycles. The summed E-state index contributed by atoms with van der Waals surface area (Å²) in [5.74, 6) is 0.237. The first kappa shape index (κ1) is 101. The van der Waals surface area contributed by atoms with Gasteiger partial charge in [0.15, 0.2) is 15.7 Å². The fourth-order valence-electron chi connectivity index (χ4n) is 14.6. The van der Waals surface area contributed by atoms with E-state index in [9.17, 15) is 46.8 Å². The lowest BCUT2D eigenvalue weighted by Crippen LogP contribution is -2.24. The molecular weight excluding hydrogens is 1800 g/mol. The molecule has 24 nitrogen and oxygen atoms in total. The molecule has 4 fully saturated rings. The first-order chi connectivity index (χ1) is 62.7. The van der Waals surface area contributed by atoms with Crippen LogP contribution in [0.2, 0.25) is 25.1 Å². The first-order valence-corrected chi connectivity index (χ1v) is 47.1. The molecule has 0 atom stereocenters. The van der Waals surface area contributed by atoms with Gasteiger partial charge in [-0.05, 0) is 197 Å². The maximum absolute atomic E-state index is 12.4. The molecule has 0 radical (unpaired) electrons. The smallest absolute Gasteiger partial charge is 0.438 e. The van der Waals surface area contributed by atoms with Crippen molar-refractivity contribution in [3.05, 3.63) is 384 Å². The van der Waals surface area contributed by atoms with Crippen LogP contribution in [0.3, 0.4) is 0 Å². The molecule has 0 bridgehead atoms. The molecule has 30 heteroatoms. The van der Waals surface area contributed by atoms with E-state index in [1.54, 1.807) is 88.7 Å². The lowest BCUT2D eigenvalue weighted by Gasteiger charge is -2.20. The summed E-state index contributed by atoms with van der Waals surface area (Å²) in [5.41, 5.74) is 15.8. The second-order valence-electron chi connectivity index (χ2n) is 35.6. The van der Waals surface area contributed by atoms with E-state index < -0.39 is 27.2 Å². The highest BCUT2D eigenvalue weighted by molar-refractivity contribution is 7.92. The zero-order valence-electron chi connectivity index (χ0n) is 75.7. The van der Waals surface area contributed by atoms with Crippen molar-refractivity contribution >= 4 is 108 Å². The number of pyridine rings is 5. The van der Waals surface area contributed by atoms with Crippen molar-refractivity contribution in [1.29, 1.82) is 0 Å². The number of aliphatic hydroxyl groups excluding tert-OH is 1. The number of ether oxygens (including phenoxy) is 2. The molecule has 9 heterocycles. The number of aromatic nitrogens is 7. The number of hydrogen-bond acceptors (Lipinski definition) is 16. The molecule has 4 aliphatic rings. The van der Waals surface area contributed by atoms with Crippen LogP contribution in [0.5, 0.6) is 0 Å². The van der Waals surface area contributed by atoms with E-state index in [-0.39, 0.29) is 86.4 Å². The Morgan fingerprint density at radius 3 is 1.03 bits per heavy atom. The Morgan fingerprint density at radius 2 is 0.742 bits per heavy atom. The van der Waals surface area contributed by atoms with Gasteiger partial charge in [-0.1, -0.05) is 279 Å². The Hall–Kier alpha value is -11.7. The van der Waals surface area contributed by atoms with Crippen molar-refractivity contribution in [2.24, 2.45) is 0 Å². The predicted molar refractivity (Wildman–Crippen MR) is 527 cm³/mol. The van der Waals surface area contributed by atoms with E-state index in [2.05, 4.69) is 187 Å². The average Bonchev–Trinajstić information content (AvgIpc) is 1.64. The van der Waals surface area contributed by atoms with Crippen molar-refractivity contribution in [2.45, 2.75) is 153 Å². The minimum atomic E-state index is -3.28. The quantitative estimate of drug-likeness (QED) is 0.0295. The molecule has 7 N–H and O–H groups in total. The van der Waals surface area contributed by atoms with Crippen molar-refractivity contribution in [2.75, 3.05) is 65.6 Å². The van der Waals surface area contributed by atoms with Crippen LogP contribution in [0.4, 0.5) is 9.59 Å². The summed E-state index contributed by atoms with van der Waals surface area (Å²) in [6, 6.07) is 56.6. The summed E-state index contributed by atoms with van der Waals surface area (Å²) in [6.07, 6.45) is 14.9. The summed E-state index contributed by atoms with van der Waals surface area (Å²) < 4.78 is 39.3. The maximum Gasteiger partial charge on any atom is 0.438 e. The van der Waals surface area contributed by atoms with Gasteiger partial charge in [-0.2, -0.15) is 0 Å². The number of aliphatic hydroxyl groups is 1. The van der Waals surface area contributed by atoms with Gasteiger partial charge < -0.3 is 54.2 Å². The molecule has 6 aromatic heterocycles. The van der Waals surface area contributed by atoms with Gasteiger partial charge in [0.05, 0.1) is 23.2 Å². The van der Waals surface area contributed by atoms with Gasteiger partial charge in [0, 0.05) is 89.0 Å². The molecule has 0 unspecified atom stereocenters. The molecule has 3 saturated heterocycles. The number of cyclic esters (lactones) is 2. The standard InChI is InChI=1S/C23H29ClN2O.C20H20ClN3O3.C20H19ClN2O5S.C20H21ClN2O3.C19H22ClNO2/c1-23(2,3)18-10-8-17(9-11-18)19(7-6-16-26-14-4-5-15-26)21-13-12-20(24)22(27)25-21;1-20(2,3)13-6-4-12(5-7-13)14(8-11-17-23-19(26)27-24-17)16-10-9-15(21)18(25)22-16;21-17-7-8-18(22-19(17)24)16(9-10-23-11-12-28-20(23)25)13-1-3-14(4-2-13)29(26,27)15-5-6-15;1-13(2)14-3-5-15(6-4-14)16(9-10-23-11-12-26-20(23)25)18-8-7-17(21)19(24)22-18;1-19(2,3)14-8-6-13(7-9-14)15(5-4-12-22)17-11-10-16(20)18(23)21-17/h7-13H,4-6,14-16H2,1-3H3,(H,25,27);4-10H,11H2,1-3H3,(H,22,25)(H,23,24,26);1-4,7-9,15H,5-6,10-12H2,(H,22,24);3-9,13H,10-12H2,1-2H3,(H,22,24);5-11,22H,4,12H2,1-3H3,(H,21,23)/b19-7+;14-8+;2*16-9+;15-5+. The molecule has 3 aliphatic heterocycles. The van der Waals surface area contributed by atoms with Crippen LogP contribution in [0.15, 0.2) is 251 Å². The number of halogens is 5. The molecule has 1 aliphatic carbocycles. The Labute approximate surface area is 792 Å². The Morgan fingerprint density at radius 1 is 0.424 bits per heavy atom. The van der Waals surface area contributed by atoms with Crippen LogP contribution < -0.4 is 33.6 Å². The number of likely N-dealkylation sites (tertiary alicyclic amines) is 1. The fraction of sp³-hybridized carbons (Fsp3) is 0.324. The number of allylic oxidation sites excluding steroid dienone is 1. The highest BCUT2D eigenvalue weighted by Gasteiger charge is 2.37. The van der Waals surface area contributed by atoms with Gasteiger partial charge in [0.2, 0.25) is 0 Å². The van der Waals surface area contributed by atoms with E-state index in [1.807, 2.05) is 60.7 Å². The number of nitrogens with one attached hydrogen (secondary N) is 6. The molecule has 694 valence electrons. The second kappa shape index (κ2) is 45.7. The predicted octanol–water partition coefficient (Wildman–Crippen LogP) is 19.9. The lowest BCUT2D eigenvalue weighted by atomic mass is 9.86. The molecule has 15 rings (SSSR count). The van der Waals surface area contributed by atoms with Crippen LogP contribution >= 0.6 is 58.0 Å². The molecule has 0 spiro atoms. The summed E-state index contributed by atoms with van der Waals surface area (Å²) in [7, 11) is -3.28. The number of carbonyl (C=O) groups excluding carboxylic acids is 2. The van der Waals surface area contributed by atoms with E-state index in [4.69, 9.17) is 72.6 Å². The van der Waals surface area contributed by atoms with E-state index in [0.29, 0.717) is 111 Å². The van der Waals surface area contributed by atoms with Gasteiger partial charge >= 0.3 is 17.9 Å². The number of carbonyl (C=O) groups is 2. The number of sulfone groups is 1. The Kier molecular flexibility index (Phi) is 34.9. The number of benzene rings is 5. The van der Waals surface area contributed by atoms with Gasteiger partial charge in [-0.3, -0.25) is 33.5 Å². The molecule has 11 aromatic rings. The number of aromatic amines is 6. The number of amides is 2. The van der Waals surface area contributed by atoms with Crippen LogP contribution in [0, 0.1) is 0 Å². The summed E-state index contributed by atoms with van der Waals surface area (Å²) in [6.45, 7) is 29.9. The van der Waals surface area contributed by atoms with Gasteiger partial charge in [0.1, 0.15) is 38.3 Å². The van der Waals surface area contributed by atoms with Crippen LogP contribution in [0.1, 0.15) is 205 Å². The molecule has 5 aromatic carbocycles. The van der Waals surface area contributed by atoms with Crippen molar-refractivity contribution in [3.8, 4) is 0 Å². The second-order valence-corrected chi connectivity index (χ2v) is 39.8. The van der Waals surface area contributed by atoms with E-state index in [1.165, 1.54) is 54.3 Å². The first-order valence-electron chi connectivity index (χ1n) is 43.7. The number of H-pyrrole nitrogens is 6. The van der Waals surface area contributed by atoms with Gasteiger partial charge in [-0.25, -0.2) is 22.8 Å². The van der Waals surface area contributed by atoms with Crippen LogP contribution in [-0.2, 0) is 42.0 Å². The Balaban J connectivity index is 0.000000159. The lowest BCUT2D eigenvalue weighted by molar-refractivity contribution is 0.160. The normalized spacial score (nSPS) is 14.8.